The minimum atomic E-state index is -0.0904. The van der Waals surface area contributed by atoms with Gasteiger partial charge in [-0.1, -0.05) is 26.0 Å². The summed E-state index contributed by atoms with van der Waals surface area (Å²) in [6, 6.07) is 7.85. The van der Waals surface area contributed by atoms with Gasteiger partial charge >= 0.3 is 0 Å². The summed E-state index contributed by atoms with van der Waals surface area (Å²) in [5.41, 5.74) is 2.98. The number of aromatic nitrogens is 1. The number of nitrogens with one attached hydrogen (secondary N) is 1. The normalized spacial score (nSPS) is 15.9. The Morgan fingerprint density at radius 3 is 2.73 bits per heavy atom. The van der Waals surface area contributed by atoms with E-state index in [4.69, 9.17) is 0 Å². The number of carbonyl (C=O) groups is 1. The van der Waals surface area contributed by atoms with Gasteiger partial charge in [0.15, 0.2) is 5.13 Å². The maximum absolute atomic E-state index is 12.4. The molecule has 0 bridgehead atoms. The van der Waals surface area contributed by atoms with E-state index in [1.165, 1.54) is 29.7 Å². The largest absolute Gasteiger partial charge is 0.298 e. The van der Waals surface area contributed by atoms with Crippen LogP contribution in [-0.4, -0.2) is 34.6 Å². The number of hydrogen-bond donors (Lipinski definition) is 1. The van der Waals surface area contributed by atoms with Crippen molar-refractivity contribution in [1.82, 2.24) is 9.88 Å². The molecule has 1 aliphatic rings. The van der Waals surface area contributed by atoms with Crippen LogP contribution in [0.2, 0.25) is 0 Å². The van der Waals surface area contributed by atoms with E-state index in [9.17, 15) is 4.79 Å². The van der Waals surface area contributed by atoms with Gasteiger partial charge in [-0.2, -0.15) is 11.8 Å². The van der Waals surface area contributed by atoms with E-state index >= 15 is 0 Å². The van der Waals surface area contributed by atoms with E-state index in [2.05, 4.69) is 34.4 Å². The zero-order chi connectivity index (χ0) is 18.4. The number of hydrogen-bond acceptors (Lipinski definition) is 5. The molecule has 1 aromatic heterocycles. The van der Waals surface area contributed by atoms with Crippen molar-refractivity contribution in [3.05, 3.63) is 46.5 Å². The zero-order valence-electron chi connectivity index (χ0n) is 15.5. The summed E-state index contributed by atoms with van der Waals surface area (Å²) in [5, 5.41) is 5.67. The van der Waals surface area contributed by atoms with Crippen molar-refractivity contribution >= 4 is 34.1 Å². The first-order chi connectivity index (χ1) is 12.6. The van der Waals surface area contributed by atoms with E-state index < -0.39 is 0 Å². The van der Waals surface area contributed by atoms with Crippen LogP contribution in [0.1, 0.15) is 48.3 Å². The first kappa shape index (κ1) is 19.4. The summed E-state index contributed by atoms with van der Waals surface area (Å²) in [5.74, 6) is 2.84. The molecule has 4 nitrogen and oxygen atoms in total. The van der Waals surface area contributed by atoms with E-state index in [-0.39, 0.29) is 5.91 Å². The Hall–Kier alpha value is -1.37. The highest BCUT2D eigenvalue weighted by atomic mass is 32.2. The molecule has 0 spiro atoms. The number of benzene rings is 1. The first-order valence-electron chi connectivity index (χ1n) is 9.29. The molecule has 26 heavy (non-hydrogen) atoms. The van der Waals surface area contributed by atoms with Gasteiger partial charge < -0.3 is 0 Å². The van der Waals surface area contributed by atoms with Gasteiger partial charge in [-0.3, -0.25) is 15.0 Å². The Labute approximate surface area is 164 Å². The fraction of sp³-hybridized carbons (Fsp3) is 0.500. The Kier molecular flexibility index (Phi) is 7.11. The van der Waals surface area contributed by atoms with E-state index in [1.54, 1.807) is 0 Å². The molecule has 1 saturated heterocycles. The highest BCUT2D eigenvalue weighted by Gasteiger charge is 2.17. The molecule has 2 aromatic rings. The third-order valence-electron chi connectivity index (χ3n) is 4.72. The molecule has 0 unspecified atom stereocenters. The second-order valence-corrected chi connectivity index (χ2v) is 9.02. The summed E-state index contributed by atoms with van der Waals surface area (Å²) in [4.78, 5) is 19.5. The molecule has 1 aliphatic heterocycles. The number of carbonyl (C=O) groups excluding carboxylic acids is 1. The van der Waals surface area contributed by atoms with Crippen LogP contribution in [0.5, 0.6) is 0 Å². The molecule has 1 fully saturated rings. The zero-order valence-corrected chi connectivity index (χ0v) is 17.2. The van der Waals surface area contributed by atoms with Crippen molar-refractivity contribution in [3.8, 4) is 0 Å². The Morgan fingerprint density at radius 1 is 1.31 bits per heavy atom. The van der Waals surface area contributed by atoms with Gasteiger partial charge in [0.25, 0.3) is 5.91 Å². The van der Waals surface area contributed by atoms with Crippen LogP contribution < -0.4 is 5.32 Å². The van der Waals surface area contributed by atoms with Crippen LogP contribution in [-0.2, 0) is 12.3 Å². The van der Waals surface area contributed by atoms with Gasteiger partial charge in [-0.05, 0) is 55.3 Å². The molecule has 1 amide bonds. The molecule has 1 aromatic carbocycles. The average Bonchev–Trinajstić information content (AvgIpc) is 3.09. The maximum atomic E-state index is 12.4. The van der Waals surface area contributed by atoms with Crippen molar-refractivity contribution < 1.29 is 4.79 Å². The first-order valence-corrected chi connectivity index (χ1v) is 11.3. The molecule has 3 rings (SSSR count). The number of amides is 1. The maximum Gasteiger partial charge on any atom is 0.257 e. The highest BCUT2D eigenvalue weighted by Crippen LogP contribution is 2.21. The second-order valence-electron chi connectivity index (χ2n) is 6.89. The predicted molar refractivity (Wildman–Crippen MR) is 112 cm³/mol. The second kappa shape index (κ2) is 9.53. The molecule has 6 heteroatoms. The van der Waals surface area contributed by atoms with Crippen LogP contribution in [0.15, 0.2) is 29.6 Å². The Bertz CT molecular complexity index is 706. The molecular weight excluding hydrogens is 362 g/mol. The van der Waals surface area contributed by atoms with Crippen molar-refractivity contribution in [2.24, 2.45) is 5.92 Å². The quantitative estimate of drug-likeness (QED) is 0.733. The predicted octanol–water partition coefficient (Wildman–Crippen LogP) is 4.88. The summed E-state index contributed by atoms with van der Waals surface area (Å²) >= 11 is 3.39. The molecule has 0 atom stereocenters. The van der Waals surface area contributed by atoms with Gasteiger partial charge in [0.1, 0.15) is 0 Å². The summed E-state index contributed by atoms with van der Waals surface area (Å²) in [6.45, 7) is 7.64. The van der Waals surface area contributed by atoms with Crippen molar-refractivity contribution in [1.29, 1.82) is 0 Å². The molecule has 2 heterocycles. The van der Waals surface area contributed by atoms with Crippen molar-refractivity contribution in [2.45, 2.75) is 39.0 Å². The summed E-state index contributed by atoms with van der Waals surface area (Å²) in [7, 11) is 0. The third-order valence-corrected chi connectivity index (χ3v) is 6.48. The van der Waals surface area contributed by atoms with Crippen LogP contribution in [0.4, 0.5) is 5.13 Å². The van der Waals surface area contributed by atoms with Crippen LogP contribution in [0.25, 0.3) is 0 Å². The summed E-state index contributed by atoms with van der Waals surface area (Å²) < 4.78 is 0. The van der Waals surface area contributed by atoms with Gasteiger partial charge in [0, 0.05) is 23.2 Å². The number of anilines is 1. The van der Waals surface area contributed by atoms with Gasteiger partial charge in [0.2, 0.25) is 0 Å². The standard InChI is InChI=1S/C20H27N3OS2/c1-3-25-13-16-4-6-17(7-5-16)19(24)22-20-21-18(14-26-20)12-23-10-8-15(2)9-11-23/h4-7,14-15H,3,8-13H2,1-2H3,(H,21,22,24). The van der Waals surface area contributed by atoms with Crippen LogP contribution >= 0.6 is 23.1 Å². The average molecular weight is 390 g/mol. The summed E-state index contributed by atoms with van der Waals surface area (Å²) in [6.07, 6.45) is 2.53. The smallest absolute Gasteiger partial charge is 0.257 e. The van der Waals surface area contributed by atoms with Crippen molar-refractivity contribution in [3.63, 3.8) is 0 Å². The number of rotatable bonds is 7. The monoisotopic (exact) mass is 389 g/mol. The molecule has 1 N–H and O–H groups in total. The molecule has 0 saturated carbocycles. The topological polar surface area (TPSA) is 45.2 Å². The van der Waals surface area contributed by atoms with Gasteiger partial charge in [0.05, 0.1) is 5.69 Å². The fourth-order valence-electron chi connectivity index (χ4n) is 3.03. The molecular formula is C20H27N3OS2. The number of likely N-dealkylation sites (tertiary alicyclic amines) is 1. The molecule has 0 radical (unpaired) electrons. The lowest BCUT2D eigenvalue weighted by molar-refractivity contribution is 0.102. The van der Waals surface area contributed by atoms with E-state index in [1.807, 2.05) is 36.0 Å². The fourth-order valence-corrected chi connectivity index (χ4v) is 4.36. The van der Waals surface area contributed by atoms with Crippen LogP contribution in [0, 0.1) is 5.92 Å². The van der Waals surface area contributed by atoms with Crippen LogP contribution in [0.3, 0.4) is 0 Å². The molecule has 0 aliphatic carbocycles. The van der Waals surface area contributed by atoms with Crippen molar-refractivity contribution in [2.75, 3.05) is 24.2 Å². The van der Waals surface area contributed by atoms with Gasteiger partial charge in [-0.25, -0.2) is 4.98 Å². The van der Waals surface area contributed by atoms with Gasteiger partial charge in [-0.15, -0.1) is 11.3 Å². The SMILES string of the molecule is CCSCc1ccc(C(=O)Nc2nc(CN3CCC(C)CC3)cs2)cc1. The number of nitrogens with zero attached hydrogens (tertiary/aromatic N) is 2. The number of thioether (sulfide) groups is 1. The lowest BCUT2D eigenvalue weighted by atomic mass is 9.99. The number of piperidine rings is 1. The van der Waals surface area contributed by atoms with E-state index in [0.29, 0.717) is 10.7 Å². The highest BCUT2D eigenvalue weighted by molar-refractivity contribution is 7.98. The van der Waals surface area contributed by atoms with E-state index in [0.717, 1.165) is 42.8 Å². The Morgan fingerprint density at radius 2 is 2.04 bits per heavy atom. The minimum absolute atomic E-state index is 0.0904. The molecule has 140 valence electrons. The lowest BCUT2D eigenvalue weighted by Crippen LogP contribution is -2.32. The minimum Gasteiger partial charge on any atom is -0.298 e. The third kappa shape index (κ3) is 5.56. The Balaban J connectivity index is 1.52. The number of thiazole rings is 1. The lowest BCUT2D eigenvalue weighted by Gasteiger charge is -2.29.